The zero-order valence-electron chi connectivity index (χ0n) is 10.3. The molecule has 0 amide bonds. The molecule has 5 nitrogen and oxygen atoms in total. The lowest BCUT2D eigenvalue weighted by atomic mass is 10.1. The van der Waals surface area contributed by atoms with Gasteiger partial charge in [0.25, 0.3) is 0 Å². The second kappa shape index (κ2) is 5.37. The van der Waals surface area contributed by atoms with Crippen molar-refractivity contribution in [3.05, 3.63) is 23.3 Å². The Morgan fingerprint density at radius 1 is 1.29 bits per heavy atom. The van der Waals surface area contributed by atoms with Crippen LogP contribution in [0.2, 0.25) is 0 Å². The van der Waals surface area contributed by atoms with Crippen LogP contribution in [0.5, 0.6) is 5.75 Å². The molecule has 0 bridgehead atoms. The summed E-state index contributed by atoms with van der Waals surface area (Å²) in [6.45, 7) is 3.78. The van der Waals surface area contributed by atoms with Gasteiger partial charge in [0, 0.05) is 6.54 Å². The zero-order chi connectivity index (χ0) is 13.1. The number of anilines is 1. The molecule has 1 aromatic carbocycles. The number of nitrogens with one attached hydrogen (secondary N) is 1. The van der Waals surface area contributed by atoms with Crippen LogP contribution >= 0.6 is 0 Å². The minimum atomic E-state index is -3.36. The number of hydrogen-bond donors (Lipinski definition) is 2. The van der Waals surface area contributed by atoms with Crippen LogP contribution < -0.4 is 15.2 Å². The Morgan fingerprint density at radius 3 is 2.47 bits per heavy atom. The van der Waals surface area contributed by atoms with Crippen molar-refractivity contribution < 1.29 is 13.2 Å². The summed E-state index contributed by atoms with van der Waals surface area (Å²) in [5, 5.41) is 0. The first-order valence-electron chi connectivity index (χ1n) is 5.25. The maximum Gasteiger partial charge on any atom is 0.233 e. The predicted molar refractivity (Wildman–Crippen MR) is 68.9 cm³/mol. The molecule has 6 heteroatoms. The van der Waals surface area contributed by atoms with E-state index in [1.54, 1.807) is 19.2 Å². The molecule has 17 heavy (non-hydrogen) atoms. The van der Waals surface area contributed by atoms with Crippen molar-refractivity contribution in [1.29, 1.82) is 0 Å². The average molecular weight is 258 g/mol. The van der Waals surface area contributed by atoms with Crippen LogP contribution in [0.4, 0.5) is 5.69 Å². The van der Waals surface area contributed by atoms with Gasteiger partial charge in [-0.1, -0.05) is 0 Å². The molecule has 0 aliphatic heterocycles. The van der Waals surface area contributed by atoms with Gasteiger partial charge in [0.15, 0.2) is 0 Å². The average Bonchev–Trinajstić information content (AvgIpc) is 2.22. The molecule has 0 fully saturated rings. The maximum atomic E-state index is 11.6. The molecule has 0 saturated carbocycles. The van der Waals surface area contributed by atoms with Crippen molar-refractivity contribution in [1.82, 2.24) is 0 Å². The van der Waals surface area contributed by atoms with E-state index in [1.807, 2.05) is 13.8 Å². The van der Waals surface area contributed by atoms with Gasteiger partial charge in [0.1, 0.15) is 5.75 Å². The highest BCUT2D eigenvalue weighted by Crippen LogP contribution is 2.26. The highest BCUT2D eigenvalue weighted by Gasteiger charge is 2.12. The second-order valence-electron chi connectivity index (χ2n) is 3.85. The summed E-state index contributed by atoms with van der Waals surface area (Å²) in [6, 6.07) is 3.55. The van der Waals surface area contributed by atoms with Gasteiger partial charge < -0.3 is 10.5 Å². The summed E-state index contributed by atoms with van der Waals surface area (Å²) in [4.78, 5) is 0. The van der Waals surface area contributed by atoms with E-state index in [9.17, 15) is 8.42 Å². The first-order chi connectivity index (χ1) is 7.89. The SMILES string of the molecule is COc1cc(C)c(NS(=O)(=O)CCN)cc1C. The van der Waals surface area contributed by atoms with Crippen LogP contribution in [0.1, 0.15) is 11.1 Å². The summed E-state index contributed by atoms with van der Waals surface area (Å²) in [6.07, 6.45) is 0. The number of benzene rings is 1. The lowest BCUT2D eigenvalue weighted by Crippen LogP contribution is -2.22. The van der Waals surface area contributed by atoms with Crippen molar-refractivity contribution >= 4 is 15.7 Å². The van der Waals surface area contributed by atoms with E-state index in [4.69, 9.17) is 10.5 Å². The summed E-state index contributed by atoms with van der Waals surface area (Å²) in [7, 11) is -1.78. The monoisotopic (exact) mass is 258 g/mol. The minimum Gasteiger partial charge on any atom is -0.496 e. The van der Waals surface area contributed by atoms with Crippen molar-refractivity contribution in [2.45, 2.75) is 13.8 Å². The van der Waals surface area contributed by atoms with Gasteiger partial charge in [0.05, 0.1) is 18.6 Å². The summed E-state index contributed by atoms with van der Waals surface area (Å²) >= 11 is 0. The van der Waals surface area contributed by atoms with E-state index >= 15 is 0 Å². The zero-order valence-corrected chi connectivity index (χ0v) is 11.1. The third-order valence-corrected chi connectivity index (χ3v) is 3.70. The molecule has 0 unspecified atom stereocenters. The molecule has 0 atom stereocenters. The van der Waals surface area contributed by atoms with Crippen molar-refractivity contribution in [2.75, 3.05) is 24.1 Å². The molecule has 0 radical (unpaired) electrons. The number of hydrogen-bond acceptors (Lipinski definition) is 4. The Bertz CT molecular complexity index is 498. The smallest absolute Gasteiger partial charge is 0.233 e. The van der Waals surface area contributed by atoms with Crippen molar-refractivity contribution in [3.8, 4) is 5.75 Å². The molecule has 1 rings (SSSR count). The first-order valence-corrected chi connectivity index (χ1v) is 6.90. The van der Waals surface area contributed by atoms with Gasteiger partial charge in [-0.3, -0.25) is 4.72 Å². The van der Waals surface area contributed by atoms with Gasteiger partial charge in [-0.05, 0) is 37.1 Å². The lowest BCUT2D eigenvalue weighted by Gasteiger charge is -2.13. The Kier molecular flexibility index (Phi) is 4.36. The van der Waals surface area contributed by atoms with Gasteiger partial charge in [-0.2, -0.15) is 0 Å². The topological polar surface area (TPSA) is 81.4 Å². The summed E-state index contributed by atoms with van der Waals surface area (Å²) in [5.74, 6) is 0.654. The number of ether oxygens (including phenoxy) is 1. The molecule has 1 aromatic rings. The first kappa shape index (κ1) is 13.8. The van der Waals surface area contributed by atoms with E-state index in [0.29, 0.717) is 5.69 Å². The number of sulfonamides is 1. The molecule has 0 aliphatic rings. The maximum absolute atomic E-state index is 11.6. The highest BCUT2D eigenvalue weighted by molar-refractivity contribution is 7.92. The van der Waals surface area contributed by atoms with Crippen molar-refractivity contribution in [2.24, 2.45) is 5.73 Å². The molecule has 96 valence electrons. The fraction of sp³-hybridized carbons (Fsp3) is 0.455. The quantitative estimate of drug-likeness (QED) is 0.826. The standard InChI is InChI=1S/C11H18N2O3S/c1-8-7-11(16-3)9(2)6-10(8)13-17(14,15)5-4-12/h6-7,13H,4-5,12H2,1-3H3. The fourth-order valence-corrected chi connectivity index (χ4v) is 2.46. The Balaban J connectivity index is 3.04. The van der Waals surface area contributed by atoms with Gasteiger partial charge in [0.2, 0.25) is 10.0 Å². The molecular weight excluding hydrogens is 240 g/mol. The van der Waals surface area contributed by atoms with E-state index in [0.717, 1.165) is 16.9 Å². The van der Waals surface area contributed by atoms with Gasteiger partial charge >= 0.3 is 0 Å². The Hall–Kier alpha value is -1.27. The number of methoxy groups -OCH3 is 1. The van der Waals surface area contributed by atoms with E-state index < -0.39 is 10.0 Å². The molecule has 0 spiro atoms. The Labute approximate surface area is 102 Å². The van der Waals surface area contributed by atoms with Crippen LogP contribution in [0.15, 0.2) is 12.1 Å². The van der Waals surface area contributed by atoms with Crippen LogP contribution in [0.3, 0.4) is 0 Å². The predicted octanol–water partition coefficient (Wildman–Crippen LogP) is 1.01. The molecule has 0 heterocycles. The summed E-state index contributed by atoms with van der Waals surface area (Å²) in [5.41, 5.74) is 7.50. The van der Waals surface area contributed by atoms with Crippen LogP contribution in [0.25, 0.3) is 0 Å². The lowest BCUT2D eigenvalue weighted by molar-refractivity contribution is 0.411. The molecule has 0 saturated heterocycles. The normalized spacial score (nSPS) is 11.3. The molecule has 0 aromatic heterocycles. The van der Waals surface area contributed by atoms with Crippen LogP contribution in [-0.4, -0.2) is 27.8 Å². The van der Waals surface area contributed by atoms with Crippen LogP contribution in [0, 0.1) is 13.8 Å². The third kappa shape index (κ3) is 3.61. The minimum absolute atomic E-state index is 0.0858. The highest BCUT2D eigenvalue weighted by atomic mass is 32.2. The molecule has 0 aliphatic carbocycles. The van der Waals surface area contributed by atoms with Crippen LogP contribution in [-0.2, 0) is 10.0 Å². The third-order valence-electron chi connectivity index (χ3n) is 2.39. The fourth-order valence-electron chi connectivity index (χ4n) is 1.49. The van der Waals surface area contributed by atoms with E-state index in [2.05, 4.69) is 4.72 Å². The number of aryl methyl sites for hydroxylation is 2. The van der Waals surface area contributed by atoms with E-state index in [1.165, 1.54) is 0 Å². The molecular formula is C11H18N2O3S. The van der Waals surface area contributed by atoms with E-state index in [-0.39, 0.29) is 12.3 Å². The second-order valence-corrected chi connectivity index (χ2v) is 5.69. The number of rotatable bonds is 5. The number of nitrogens with two attached hydrogens (primary N) is 1. The van der Waals surface area contributed by atoms with Gasteiger partial charge in [-0.15, -0.1) is 0 Å². The van der Waals surface area contributed by atoms with Crippen molar-refractivity contribution in [3.63, 3.8) is 0 Å². The largest absolute Gasteiger partial charge is 0.496 e. The Morgan fingerprint density at radius 2 is 1.94 bits per heavy atom. The van der Waals surface area contributed by atoms with Gasteiger partial charge in [-0.25, -0.2) is 8.42 Å². The molecule has 3 N–H and O–H groups in total. The summed E-state index contributed by atoms with van der Waals surface area (Å²) < 4.78 is 30.9.